The van der Waals surface area contributed by atoms with E-state index in [9.17, 15) is 9.18 Å². The van der Waals surface area contributed by atoms with Crippen molar-refractivity contribution in [2.75, 3.05) is 20.8 Å². The monoisotopic (exact) mass is 255 g/mol. The summed E-state index contributed by atoms with van der Waals surface area (Å²) in [5.41, 5.74) is -0.783. The van der Waals surface area contributed by atoms with Crippen LogP contribution in [0.5, 0.6) is 5.75 Å². The summed E-state index contributed by atoms with van der Waals surface area (Å²) in [6.07, 6.45) is 0.452. The van der Waals surface area contributed by atoms with E-state index in [1.54, 1.807) is 26.1 Å². The highest BCUT2D eigenvalue weighted by Gasteiger charge is 2.32. The van der Waals surface area contributed by atoms with Gasteiger partial charge in [0.2, 0.25) is 0 Å². The Morgan fingerprint density at radius 1 is 1.39 bits per heavy atom. The van der Waals surface area contributed by atoms with Crippen LogP contribution in [0.25, 0.3) is 0 Å². The van der Waals surface area contributed by atoms with E-state index in [1.807, 2.05) is 0 Å². The molecule has 1 rings (SSSR count). The number of carbonyl (C=O) groups excluding carboxylic acids is 1. The van der Waals surface area contributed by atoms with Gasteiger partial charge in [-0.05, 0) is 38.2 Å². The summed E-state index contributed by atoms with van der Waals surface area (Å²) in [7, 11) is 3.04. The van der Waals surface area contributed by atoms with Gasteiger partial charge in [0.1, 0.15) is 17.1 Å². The van der Waals surface area contributed by atoms with Crippen molar-refractivity contribution in [3.8, 4) is 5.75 Å². The highest BCUT2D eigenvalue weighted by Crippen LogP contribution is 2.15. The molecule has 1 unspecified atom stereocenters. The largest absolute Gasteiger partial charge is 0.494 e. The maximum atomic E-state index is 12.7. The van der Waals surface area contributed by atoms with Gasteiger partial charge in [-0.2, -0.15) is 0 Å². The summed E-state index contributed by atoms with van der Waals surface area (Å²) >= 11 is 0. The first-order chi connectivity index (χ1) is 8.51. The first-order valence-electron chi connectivity index (χ1n) is 5.67. The molecule has 0 radical (unpaired) electrons. The van der Waals surface area contributed by atoms with Crippen LogP contribution in [0.2, 0.25) is 0 Å². The minimum absolute atomic E-state index is 0.308. The maximum absolute atomic E-state index is 12.7. The molecule has 4 nitrogen and oxygen atoms in total. The molecular weight excluding hydrogens is 237 g/mol. The maximum Gasteiger partial charge on any atom is 0.325 e. The lowest BCUT2D eigenvalue weighted by Crippen LogP contribution is -2.49. The summed E-state index contributed by atoms with van der Waals surface area (Å²) in [6.45, 7) is 2.07. The molecule has 0 fully saturated rings. The fourth-order valence-corrected chi connectivity index (χ4v) is 1.46. The number of rotatable bonds is 6. The summed E-state index contributed by atoms with van der Waals surface area (Å²) in [5, 5.41) is 2.91. The number of ether oxygens (including phenoxy) is 2. The normalized spacial score (nSPS) is 13.8. The molecule has 1 aromatic carbocycles. The lowest BCUT2D eigenvalue weighted by molar-refractivity contribution is -0.148. The van der Waals surface area contributed by atoms with E-state index in [1.165, 1.54) is 19.2 Å². The average Bonchev–Trinajstić information content (AvgIpc) is 2.39. The Morgan fingerprint density at radius 2 is 2.00 bits per heavy atom. The number of hydrogen-bond donors (Lipinski definition) is 1. The van der Waals surface area contributed by atoms with Gasteiger partial charge in [-0.3, -0.25) is 4.79 Å². The van der Waals surface area contributed by atoms with Crippen LogP contribution in [0.15, 0.2) is 24.3 Å². The van der Waals surface area contributed by atoms with Crippen LogP contribution in [0, 0.1) is 5.82 Å². The van der Waals surface area contributed by atoms with Gasteiger partial charge in [-0.25, -0.2) is 4.39 Å². The molecular formula is C13H18FNO3. The third-order valence-electron chi connectivity index (χ3n) is 2.87. The van der Waals surface area contributed by atoms with E-state index in [0.29, 0.717) is 18.8 Å². The number of halogens is 1. The van der Waals surface area contributed by atoms with E-state index >= 15 is 0 Å². The molecule has 100 valence electrons. The molecule has 0 bridgehead atoms. The van der Waals surface area contributed by atoms with Crippen LogP contribution in [0.1, 0.15) is 13.3 Å². The zero-order chi connectivity index (χ0) is 13.6. The Labute approximate surface area is 106 Å². The number of carbonyl (C=O) groups is 1. The summed E-state index contributed by atoms with van der Waals surface area (Å²) in [6, 6.07) is 5.74. The number of methoxy groups -OCH3 is 1. The third-order valence-corrected chi connectivity index (χ3v) is 2.87. The van der Waals surface area contributed by atoms with Crippen molar-refractivity contribution in [1.29, 1.82) is 0 Å². The van der Waals surface area contributed by atoms with E-state index in [2.05, 4.69) is 5.32 Å². The van der Waals surface area contributed by atoms with E-state index in [4.69, 9.17) is 9.47 Å². The SMILES string of the molecule is CNC(C)(CCOc1ccc(F)cc1)C(=O)OC. The molecule has 1 N–H and O–H groups in total. The molecule has 0 heterocycles. The first kappa shape index (κ1) is 14.4. The van der Waals surface area contributed by atoms with Gasteiger partial charge in [0, 0.05) is 6.42 Å². The topological polar surface area (TPSA) is 47.6 Å². The minimum atomic E-state index is -0.783. The molecule has 0 saturated carbocycles. The van der Waals surface area contributed by atoms with Crippen molar-refractivity contribution in [3.05, 3.63) is 30.1 Å². The van der Waals surface area contributed by atoms with Gasteiger partial charge in [-0.15, -0.1) is 0 Å². The van der Waals surface area contributed by atoms with Crippen LogP contribution < -0.4 is 10.1 Å². The molecule has 1 atom stereocenters. The smallest absolute Gasteiger partial charge is 0.325 e. The molecule has 0 aliphatic rings. The summed E-state index contributed by atoms with van der Waals surface area (Å²) in [4.78, 5) is 11.6. The molecule has 0 saturated heterocycles. The Kier molecular flexibility index (Phi) is 5.09. The molecule has 0 spiro atoms. The Morgan fingerprint density at radius 3 is 2.50 bits per heavy atom. The number of esters is 1. The van der Waals surface area contributed by atoms with Gasteiger partial charge in [0.25, 0.3) is 0 Å². The van der Waals surface area contributed by atoms with Crippen LogP contribution in [-0.4, -0.2) is 32.3 Å². The summed E-state index contributed by atoms with van der Waals surface area (Å²) < 4.78 is 22.8. The minimum Gasteiger partial charge on any atom is -0.494 e. The van der Waals surface area contributed by atoms with Crippen LogP contribution in [0.4, 0.5) is 4.39 Å². The average molecular weight is 255 g/mol. The van der Waals surface area contributed by atoms with Crippen molar-refractivity contribution in [2.45, 2.75) is 18.9 Å². The molecule has 1 aromatic rings. The first-order valence-corrected chi connectivity index (χ1v) is 5.67. The Balaban J connectivity index is 2.49. The van der Waals surface area contributed by atoms with E-state index in [-0.39, 0.29) is 11.8 Å². The predicted octanol–water partition coefficient (Wildman–Crippen LogP) is 1.75. The second-order valence-electron chi connectivity index (χ2n) is 4.13. The van der Waals surface area contributed by atoms with Gasteiger partial charge < -0.3 is 14.8 Å². The molecule has 0 amide bonds. The second kappa shape index (κ2) is 6.35. The zero-order valence-corrected chi connectivity index (χ0v) is 10.8. The fraction of sp³-hybridized carbons (Fsp3) is 0.462. The van der Waals surface area contributed by atoms with Crippen LogP contribution in [-0.2, 0) is 9.53 Å². The zero-order valence-electron chi connectivity index (χ0n) is 10.8. The molecule has 5 heteroatoms. The lowest BCUT2D eigenvalue weighted by atomic mass is 9.99. The van der Waals surface area contributed by atoms with E-state index in [0.717, 1.165) is 0 Å². The van der Waals surface area contributed by atoms with Crippen molar-refractivity contribution >= 4 is 5.97 Å². The van der Waals surface area contributed by atoms with Crippen molar-refractivity contribution in [2.24, 2.45) is 0 Å². The molecule has 0 aliphatic heterocycles. The second-order valence-corrected chi connectivity index (χ2v) is 4.13. The highest BCUT2D eigenvalue weighted by molar-refractivity contribution is 5.80. The van der Waals surface area contributed by atoms with E-state index < -0.39 is 5.54 Å². The van der Waals surface area contributed by atoms with Crippen molar-refractivity contribution in [1.82, 2.24) is 5.32 Å². The number of hydrogen-bond acceptors (Lipinski definition) is 4. The van der Waals surface area contributed by atoms with Crippen LogP contribution in [0.3, 0.4) is 0 Å². The third kappa shape index (κ3) is 3.70. The van der Waals surface area contributed by atoms with Gasteiger partial charge in [0.15, 0.2) is 0 Å². The standard InChI is InChI=1S/C13H18FNO3/c1-13(15-2,12(16)17-3)8-9-18-11-6-4-10(14)5-7-11/h4-7,15H,8-9H2,1-3H3. The van der Waals surface area contributed by atoms with Crippen molar-refractivity contribution < 1.29 is 18.7 Å². The summed E-state index contributed by atoms with van der Waals surface area (Å²) in [5.74, 6) is -0.0793. The predicted molar refractivity (Wildman–Crippen MR) is 66.0 cm³/mol. The molecule has 18 heavy (non-hydrogen) atoms. The molecule has 0 aromatic heterocycles. The van der Waals surface area contributed by atoms with Gasteiger partial charge >= 0.3 is 5.97 Å². The van der Waals surface area contributed by atoms with Crippen molar-refractivity contribution in [3.63, 3.8) is 0 Å². The Bertz CT molecular complexity index is 394. The number of nitrogens with one attached hydrogen (secondary N) is 1. The van der Waals surface area contributed by atoms with Gasteiger partial charge in [-0.1, -0.05) is 0 Å². The lowest BCUT2D eigenvalue weighted by Gasteiger charge is -2.25. The highest BCUT2D eigenvalue weighted by atomic mass is 19.1. The number of likely N-dealkylation sites (N-methyl/N-ethyl adjacent to an activating group) is 1. The quantitative estimate of drug-likeness (QED) is 0.787. The fourth-order valence-electron chi connectivity index (χ4n) is 1.46. The molecule has 0 aliphatic carbocycles. The Hall–Kier alpha value is -1.62. The van der Waals surface area contributed by atoms with Crippen LogP contribution >= 0.6 is 0 Å². The van der Waals surface area contributed by atoms with Gasteiger partial charge in [0.05, 0.1) is 13.7 Å². The number of benzene rings is 1.